The summed E-state index contributed by atoms with van der Waals surface area (Å²) in [6, 6.07) is 9.33. The van der Waals surface area contributed by atoms with Crippen molar-refractivity contribution in [1.29, 1.82) is 0 Å². The van der Waals surface area contributed by atoms with Crippen LogP contribution in [-0.4, -0.2) is 54.6 Å². The van der Waals surface area contributed by atoms with Gasteiger partial charge in [0.15, 0.2) is 5.78 Å². The lowest BCUT2D eigenvalue weighted by molar-refractivity contribution is -0.115. The fraction of sp³-hybridized carbons (Fsp3) is 0.174. The maximum Gasteiger partial charge on any atom is 0.229 e. The van der Waals surface area contributed by atoms with E-state index in [9.17, 15) is 19.8 Å². The number of ketones is 1. The molecule has 10 heteroatoms. The van der Waals surface area contributed by atoms with Gasteiger partial charge in [-0.2, -0.15) is 0 Å². The van der Waals surface area contributed by atoms with Gasteiger partial charge in [-0.25, -0.2) is 15.0 Å². The molecule has 0 aliphatic heterocycles. The predicted molar refractivity (Wildman–Crippen MR) is 122 cm³/mol. The fourth-order valence-corrected chi connectivity index (χ4v) is 3.58. The number of aliphatic hydroxyl groups excluding tert-OH is 2. The van der Waals surface area contributed by atoms with Gasteiger partial charge >= 0.3 is 0 Å². The Labute approximate surface area is 193 Å². The number of aromatic nitrogens is 4. The van der Waals surface area contributed by atoms with Crippen LogP contribution in [-0.2, 0) is 11.2 Å². The van der Waals surface area contributed by atoms with E-state index in [-0.39, 0.29) is 37.1 Å². The second-order valence-corrected chi connectivity index (χ2v) is 7.78. The highest BCUT2D eigenvalue weighted by molar-refractivity contribution is 6.30. The van der Waals surface area contributed by atoms with Crippen molar-refractivity contribution < 1.29 is 19.8 Å². The normalized spacial score (nSPS) is 11.2. The average Bonchev–Trinajstić information content (AvgIpc) is 3.21. The van der Waals surface area contributed by atoms with Crippen molar-refractivity contribution in [2.75, 3.05) is 18.5 Å². The molecular formula is C23H20ClN5O4. The van der Waals surface area contributed by atoms with Gasteiger partial charge in [-0.15, -0.1) is 0 Å². The Kier molecular flexibility index (Phi) is 6.74. The van der Waals surface area contributed by atoms with E-state index in [0.717, 1.165) is 5.56 Å². The van der Waals surface area contributed by atoms with Gasteiger partial charge in [0.1, 0.15) is 17.8 Å². The molecule has 0 saturated heterocycles. The highest BCUT2D eigenvalue weighted by atomic mass is 35.5. The summed E-state index contributed by atoms with van der Waals surface area (Å²) < 4.78 is 1.56. The molecule has 4 rings (SSSR count). The molecule has 4 aromatic rings. The molecule has 0 aliphatic carbocycles. The molecule has 0 atom stereocenters. The van der Waals surface area contributed by atoms with Crippen molar-refractivity contribution >= 4 is 40.1 Å². The standard InChI is InChI=1S/C23H20ClN5O4/c24-16-3-1-14(2-4-16)7-21(32)28-20-8-15(5-6-26-20)22(33)19-10-29(17(11-30)12-31)23-18(19)9-25-13-27-23/h1-6,8-10,13,17,30-31H,7,11-12H2,(H,26,28,32). The minimum Gasteiger partial charge on any atom is -0.394 e. The molecule has 3 N–H and O–H groups in total. The summed E-state index contributed by atoms with van der Waals surface area (Å²) in [6.45, 7) is -0.645. The van der Waals surface area contributed by atoms with Crippen molar-refractivity contribution in [3.8, 4) is 0 Å². The van der Waals surface area contributed by atoms with E-state index in [1.54, 1.807) is 34.9 Å². The van der Waals surface area contributed by atoms with Gasteiger partial charge < -0.3 is 20.1 Å². The smallest absolute Gasteiger partial charge is 0.229 e. The molecule has 3 heterocycles. The van der Waals surface area contributed by atoms with Gasteiger partial charge in [0.25, 0.3) is 0 Å². The Bertz CT molecular complexity index is 1300. The van der Waals surface area contributed by atoms with E-state index in [4.69, 9.17) is 11.6 Å². The molecule has 0 spiro atoms. The summed E-state index contributed by atoms with van der Waals surface area (Å²) in [5.74, 6) is -0.379. The molecule has 1 amide bonds. The van der Waals surface area contributed by atoms with Crippen LogP contribution in [0.5, 0.6) is 0 Å². The van der Waals surface area contributed by atoms with Crippen molar-refractivity contribution in [2.45, 2.75) is 12.5 Å². The Morgan fingerprint density at radius 1 is 1.09 bits per heavy atom. The maximum absolute atomic E-state index is 13.3. The number of carbonyl (C=O) groups is 2. The summed E-state index contributed by atoms with van der Waals surface area (Å²) in [5, 5.41) is 22.9. The minimum atomic E-state index is -0.649. The van der Waals surface area contributed by atoms with E-state index in [2.05, 4.69) is 20.3 Å². The Morgan fingerprint density at radius 2 is 1.85 bits per heavy atom. The van der Waals surface area contributed by atoms with Crippen LogP contribution in [0.3, 0.4) is 0 Å². The maximum atomic E-state index is 13.3. The number of hydrogen-bond acceptors (Lipinski definition) is 7. The van der Waals surface area contributed by atoms with E-state index in [0.29, 0.717) is 27.2 Å². The quantitative estimate of drug-likeness (QED) is 0.340. The van der Waals surface area contributed by atoms with Gasteiger partial charge in [-0.05, 0) is 29.8 Å². The average molecular weight is 466 g/mol. The van der Waals surface area contributed by atoms with E-state index >= 15 is 0 Å². The van der Waals surface area contributed by atoms with Crippen molar-refractivity contribution in [3.05, 3.63) is 83.0 Å². The van der Waals surface area contributed by atoms with Gasteiger partial charge in [-0.3, -0.25) is 9.59 Å². The molecular weight excluding hydrogens is 446 g/mol. The second-order valence-electron chi connectivity index (χ2n) is 7.34. The number of nitrogens with one attached hydrogen (secondary N) is 1. The van der Waals surface area contributed by atoms with Crippen LogP contribution in [0.2, 0.25) is 5.02 Å². The predicted octanol–water partition coefficient (Wildman–Crippen LogP) is 2.42. The molecule has 0 saturated carbocycles. The summed E-state index contributed by atoms with van der Waals surface area (Å²) in [6.07, 6.45) is 5.95. The molecule has 0 fully saturated rings. The van der Waals surface area contributed by atoms with Crippen LogP contribution < -0.4 is 5.32 Å². The van der Waals surface area contributed by atoms with Crippen LogP contribution in [0.1, 0.15) is 27.5 Å². The second kappa shape index (κ2) is 9.86. The van der Waals surface area contributed by atoms with Crippen LogP contribution >= 0.6 is 11.6 Å². The third-order valence-corrected chi connectivity index (χ3v) is 5.37. The molecule has 0 bridgehead atoms. The van der Waals surface area contributed by atoms with Gasteiger partial charge in [-0.1, -0.05) is 23.7 Å². The number of aliphatic hydroxyl groups is 2. The lowest BCUT2D eigenvalue weighted by Crippen LogP contribution is -2.17. The summed E-state index contributed by atoms with van der Waals surface area (Å²) in [5.41, 5.74) is 1.83. The minimum absolute atomic E-state index is 0.131. The monoisotopic (exact) mass is 465 g/mol. The number of halogens is 1. The molecule has 168 valence electrons. The van der Waals surface area contributed by atoms with Crippen LogP contribution in [0.25, 0.3) is 11.0 Å². The first kappa shape index (κ1) is 22.5. The SMILES string of the molecule is O=C(Cc1ccc(Cl)cc1)Nc1cc(C(=O)c2cn(C(CO)CO)c3ncncc23)ccn1. The first-order chi connectivity index (χ1) is 16.0. The highest BCUT2D eigenvalue weighted by Crippen LogP contribution is 2.25. The molecule has 0 aliphatic rings. The molecule has 1 aromatic carbocycles. The molecule has 3 aromatic heterocycles. The first-order valence-electron chi connectivity index (χ1n) is 10.1. The molecule has 0 unspecified atom stereocenters. The summed E-state index contributed by atoms with van der Waals surface area (Å²) in [4.78, 5) is 38.0. The van der Waals surface area contributed by atoms with Crippen LogP contribution in [0, 0.1) is 0 Å². The number of nitrogens with zero attached hydrogens (tertiary/aromatic N) is 4. The third kappa shape index (κ3) is 4.90. The zero-order chi connectivity index (χ0) is 23.4. The molecule has 0 radical (unpaired) electrons. The number of pyridine rings is 1. The summed E-state index contributed by atoms with van der Waals surface area (Å²) >= 11 is 5.87. The van der Waals surface area contributed by atoms with E-state index < -0.39 is 6.04 Å². The molecule has 33 heavy (non-hydrogen) atoms. The Morgan fingerprint density at radius 3 is 2.58 bits per heavy atom. The Hall–Kier alpha value is -3.66. The third-order valence-electron chi connectivity index (χ3n) is 5.12. The fourth-order valence-electron chi connectivity index (χ4n) is 3.45. The first-order valence-corrected chi connectivity index (χ1v) is 10.4. The van der Waals surface area contributed by atoms with E-state index in [1.165, 1.54) is 31.0 Å². The number of amides is 1. The van der Waals surface area contributed by atoms with Crippen molar-refractivity contribution in [1.82, 2.24) is 19.5 Å². The molecule has 9 nitrogen and oxygen atoms in total. The van der Waals surface area contributed by atoms with Crippen LogP contribution in [0.4, 0.5) is 5.82 Å². The van der Waals surface area contributed by atoms with Crippen molar-refractivity contribution in [2.24, 2.45) is 0 Å². The number of benzene rings is 1. The van der Waals surface area contributed by atoms with E-state index in [1.807, 2.05) is 0 Å². The number of hydrogen-bond donors (Lipinski definition) is 3. The topological polar surface area (TPSA) is 130 Å². The Balaban J connectivity index is 1.58. The number of fused-ring (bicyclic) bond motifs is 1. The van der Waals surface area contributed by atoms with Crippen LogP contribution in [0.15, 0.2) is 61.3 Å². The summed E-state index contributed by atoms with van der Waals surface area (Å²) in [7, 11) is 0. The largest absolute Gasteiger partial charge is 0.394 e. The number of anilines is 1. The van der Waals surface area contributed by atoms with Gasteiger partial charge in [0, 0.05) is 34.6 Å². The highest BCUT2D eigenvalue weighted by Gasteiger charge is 2.21. The van der Waals surface area contributed by atoms with Gasteiger partial charge in [0.2, 0.25) is 5.91 Å². The zero-order valence-electron chi connectivity index (χ0n) is 17.3. The van der Waals surface area contributed by atoms with Gasteiger partial charge in [0.05, 0.1) is 31.2 Å². The van der Waals surface area contributed by atoms with Crippen molar-refractivity contribution in [3.63, 3.8) is 0 Å². The lowest BCUT2D eigenvalue weighted by Gasteiger charge is -2.13. The number of rotatable bonds is 8. The zero-order valence-corrected chi connectivity index (χ0v) is 18.1. The lowest BCUT2D eigenvalue weighted by atomic mass is 10.1. The number of carbonyl (C=O) groups excluding carboxylic acids is 2.